The number of nitrogens with zero attached hydrogens (tertiary/aromatic N) is 2. The fraction of sp³-hybridized carbons (Fsp3) is 0.294. The Morgan fingerprint density at radius 2 is 2.00 bits per heavy atom. The third kappa shape index (κ3) is 5.06. The predicted octanol–water partition coefficient (Wildman–Crippen LogP) is 3.63. The van der Waals surface area contributed by atoms with Crippen molar-refractivity contribution in [3.63, 3.8) is 0 Å². The van der Waals surface area contributed by atoms with Crippen molar-refractivity contribution < 1.29 is 22.5 Å². The van der Waals surface area contributed by atoms with Gasteiger partial charge in [0.25, 0.3) is 6.08 Å². The molecule has 1 atom stereocenters. The number of esters is 1. The van der Waals surface area contributed by atoms with Gasteiger partial charge in [-0.25, -0.2) is 4.79 Å². The summed E-state index contributed by atoms with van der Waals surface area (Å²) in [5.74, 6) is -0.558. The Bertz CT molecular complexity index is 797. The number of benzene rings is 1. The van der Waals surface area contributed by atoms with Crippen LogP contribution in [-0.4, -0.2) is 32.8 Å². The van der Waals surface area contributed by atoms with Crippen molar-refractivity contribution in [2.75, 3.05) is 12.9 Å². The molecule has 1 aromatic heterocycles. The number of aromatic nitrogens is 2. The molecule has 0 amide bonds. The van der Waals surface area contributed by atoms with Crippen LogP contribution in [0, 0.1) is 0 Å². The van der Waals surface area contributed by atoms with Crippen molar-refractivity contribution in [1.82, 2.24) is 9.78 Å². The lowest BCUT2D eigenvalue weighted by molar-refractivity contribution is 0.0512. The van der Waals surface area contributed by atoms with Gasteiger partial charge in [-0.3, -0.25) is 8.89 Å². The maximum atomic E-state index is 12.2. The monoisotopic (exact) mass is 368 g/mol. The minimum Gasteiger partial charge on any atom is -0.461 e. The Hall–Kier alpha value is -2.35. The third-order valence-electron chi connectivity index (χ3n) is 3.39. The molecule has 134 valence electrons. The van der Waals surface area contributed by atoms with Gasteiger partial charge in [0.15, 0.2) is 0 Å². The number of halogens is 2. The van der Waals surface area contributed by atoms with Crippen molar-refractivity contribution in [1.29, 1.82) is 0 Å². The molecular formula is C17H18F2N2O3S. The highest BCUT2D eigenvalue weighted by atomic mass is 32.2. The fourth-order valence-corrected chi connectivity index (χ4v) is 2.73. The van der Waals surface area contributed by atoms with Gasteiger partial charge in [0.2, 0.25) is 0 Å². The topological polar surface area (TPSA) is 61.2 Å². The van der Waals surface area contributed by atoms with E-state index < -0.39 is 22.8 Å². The number of rotatable bonds is 7. The Morgan fingerprint density at radius 1 is 1.32 bits per heavy atom. The molecule has 0 aliphatic rings. The Morgan fingerprint density at radius 3 is 2.56 bits per heavy atom. The second-order valence-corrected chi connectivity index (χ2v) is 6.50. The summed E-state index contributed by atoms with van der Waals surface area (Å²) in [4.78, 5) is 12.7. The van der Waals surface area contributed by atoms with Crippen LogP contribution in [0.1, 0.15) is 23.8 Å². The number of aryl methyl sites for hydroxylation is 1. The summed E-state index contributed by atoms with van der Waals surface area (Å²) in [5, 5.41) is 4.32. The smallest absolute Gasteiger partial charge is 0.356 e. The lowest BCUT2D eigenvalue weighted by atomic mass is 10.1. The van der Waals surface area contributed by atoms with Crippen LogP contribution < -0.4 is 0 Å². The summed E-state index contributed by atoms with van der Waals surface area (Å²) >= 11 is 0. The SMILES string of the molecule is CCOC(=O)c1cc(-c2ccc(S(C)=O)cc2)nn1CCC=C(F)F. The van der Waals surface area contributed by atoms with E-state index in [1.807, 2.05) is 0 Å². The van der Waals surface area contributed by atoms with E-state index in [2.05, 4.69) is 5.10 Å². The zero-order valence-corrected chi connectivity index (χ0v) is 14.7. The molecule has 1 unspecified atom stereocenters. The van der Waals surface area contributed by atoms with Crippen LogP contribution in [0.15, 0.2) is 47.4 Å². The van der Waals surface area contributed by atoms with Crippen molar-refractivity contribution in [3.05, 3.63) is 48.2 Å². The Kier molecular flexibility index (Phi) is 6.58. The maximum absolute atomic E-state index is 12.2. The van der Waals surface area contributed by atoms with Crippen molar-refractivity contribution >= 4 is 16.8 Å². The quantitative estimate of drug-likeness (QED) is 0.700. The van der Waals surface area contributed by atoms with Crippen LogP contribution >= 0.6 is 0 Å². The van der Waals surface area contributed by atoms with Gasteiger partial charge in [0, 0.05) is 34.1 Å². The summed E-state index contributed by atoms with van der Waals surface area (Å²) in [6.07, 6.45) is 0.638. The first kappa shape index (κ1) is 19.0. The lowest BCUT2D eigenvalue weighted by Gasteiger charge is -2.04. The third-order valence-corrected chi connectivity index (χ3v) is 4.32. The first-order valence-electron chi connectivity index (χ1n) is 7.62. The van der Waals surface area contributed by atoms with Crippen LogP contribution in [0.5, 0.6) is 0 Å². The predicted molar refractivity (Wildman–Crippen MR) is 90.9 cm³/mol. The normalized spacial score (nSPS) is 11.8. The van der Waals surface area contributed by atoms with Crippen LogP contribution in [0.2, 0.25) is 0 Å². The molecule has 2 aromatic rings. The molecule has 0 fully saturated rings. The van der Waals surface area contributed by atoms with E-state index in [1.165, 1.54) is 4.68 Å². The first-order valence-corrected chi connectivity index (χ1v) is 9.18. The summed E-state index contributed by atoms with van der Waals surface area (Å²) in [6.45, 7) is 2.02. The van der Waals surface area contributed by atoms with E-state index in [0.717, 1.165) is 11.6 Å². The van der Waals surface area contributed by atoms with Gasteiger partial charge in [-0.15, -0.1) is 0 Å². The molecular weight excluding hydrogens is 350 g/mol. The molecule has 1 heterocycles. The van der Waals surface area contributed by atoms with E-state index in [0.29, 0.717) is 10.6 Å². The molecule has 25 heavy (non-hydrogen) atoms. The van der Waals surface area contributed by atoms with E-state index >= 15 is 0 Å². The Balaban J connectivity index is 2.33. The van der Waals surface area contributed by atoms with Crippen LogP contribution in [0.25, 0.3) is 11.3 Å². The highest BCUT2D eigenvalue weighted by molar-refractivity contribution is 7.84. The molecule has 1 aromatic carbocycles. The van der Waals surface area contributed by atoms with Crippen molar-refractivity contribution in [2.24, 2.45) is 0 Å². The van der Waals surface area contributed by atoms with Crippen molar-refractivity contribution in [2.45, 2.75) is 24.8 Å². The van der Waals surface area contributed by atoms with E-state index in [1.54, 1.807) is 43.5 Å². The fourth-order valence-electron chi connectivity index (χ4n) is 2.21. The van der Waals surface area contributed by atoms with Gasteiger partial charge >= 0.3 is 5.97 Å². The second-order valence-electron chi connectivity index (χ2n) is 5.12. The molecule has 0 aliphatic carbocycles. The molecule has 0 N–H and O–H groups in total. The number of allylic oxidation sites excluding steroid dienone is 1. The molecule has 0 spiro atoms. The first-order chi connectivity index (χ1) is 11.9. The summed E-state index contributed by atoms with van der Waals surface area (Å²) < 4.78 is 42.2. The largest absolute Gasteiger partial charge is 0.461 e. The number of carbonyl (C=O) groups excluding carboxylic acids is 1. The highest BCUT2D eigenvalue weighted by Crippen LogP contribution is 2.21. The molecule has 0 saturated carbocycles. The van der Waals surface area contributed by atoms with E-state index in [9.17, 15) is 17.8 Å². The Labute approximate surface area is 146 Å². The molecule has 8 heteroatoms. The zero-order chi connectivity index (χ0) is 18.4. The van der Waals surface area contributed by atoms with Gasteiger partial charge in [0.1, 0.15) is 5.69 Å². The maximum Gasteiger partial charge on any atom is 0.356 e. The van der Waals surface area contributed by atoms with Gasteiger partial charge in [-0.1, -0.05) is 12.1 Å². The summed E-state index contributed by atoms with van der Waals surface area (Å²) in [5.41, 5.74) is 1.44. The molecule has 0 saturated heterocycles. The van der Waals surface area contributed by atoms with Gasteiger partial charge in [0.05, 0.1) is 12.3 Å². The number of hydrogen-bond donors (Lipinski definition) is 0. The van der Waals surface area contributed by atoms with Gasteiger partial charge in [-0.05, 0) is 37.6 Å². The molecule has 2 rings (SSSR count). The average molecular weight is 368 g/mol. The molecule has 0 bridgehead atoms. The number of hydrogen-bond acceptors (Lipinski definition) is 4. The van der Waals surface area contributed by atoms with Crippen LogP contribution in [0.3, 0.4) is 0 Å². The lowest BCUT2D eigenvalue weighted by Crippen LogP contribution is -2.13. The number of ether oxygens (including phenoxy) is 1. The van der Waals surface area contributed by atoms with Gasteiger partial charge in [-0.2, -0.15) is 13.9 Å². The van der Waals surface area contributed by atoms with Gasteiger partial charge < -0.3 is 4.74 Å². The molecule has 5 nitrogen and oxygen atoms in total. The van der Waals surface area contributed by atoms with E-state index in [-0.39, 0.29) is 25.3 Å². The highest BCUT2D eigenvalue weighted by Gasteiger charge is 2.17. The minimum atomic E-state index is -1.77. The standard InChI is InChI=1S/C17H18F2N2O3S/c1-3-24-17(22)15-11-14(20-21(15)10-4-5-16(18)19)12-6-8-13(9-7-12)25(2)23/h5-9,11H,3-4,10H2,1-2H3. The second kappa shape index (κ2) is 8.66. The van der Waals surface area contributed by atoms with E-state index in [4.69, 9.17) is 4.74 Å². The molecule has 0 aliphatic heterocycles. The zero-order valence-electron chi connectivity index (χ0n) is 13.9. The van der Waals surface area contributed by atoms with Crippen LogP contribution in [-0.2, 0) is 22.1 Å². The number of carbonyl (C=O) groups is 1. The van der Waals surface area contributed by atoms with Crippen molar-refractivity contribution in [3.8, 4) is 11.3 Å². The minimum absolute atomic E-state index is 0.0453. The molecule has 0 radical (unpaired) electrons. The summed E-state index contributed by atoms with van der Waals surface area (Å²) in [7, 11) is -1.09. The van der Waals surface area contributed by atoms with Crippen LogP contribution in [0.4, 0.5) is 8.78 Å². The average Bonchev–Trinajstić information content (AvgIpc) is 2.99. The summed E-state index contributed by atoms with van der Waals surface area (Å²) in [6, 6.07) is 8.50.